The van der Waals surface area contributed by atoms with Gasteiger partial charge in [-0.15, -0.1) is 0 Å². The largest absolute Gasteiger partial charge is 0.522 e. The zero-order valence-electron chi connectivity index (χ0n) is 11.6. The van der Waals surface area contributed by atoms with Gasteiger partial charge in [0.1, 0.15) is 5.75 Å². The second-order valence-corrected chi connectivity index (χ2v) is 7.71. The lowest BCUT2D eigenvalue weighted by atomic mass is 10.3. The molecule has 0 aliphatic heterocycles. The minimum Gasteiger partial charge on any atom is -0.522 e. The molecule has 2 nitrogen and oxygen atoms in total. The fourth-order valence-corrected chi connectivity index (χ4v) is 4.78. The number of nitrogens with two attached hydrogens (primary N) is 1. The molecule has 0 saturated carbocycles. The number of hydrogen-bond acceptors (Lipinski definition) is 2. The summed E-state index contributed by atoms with van der Waals surface area (Å²) in [6.07, 6.45) is 0. The second-order valence-electron chi connectivity index (χ2n) is 4.88. The van der Waals surface area contributed by atoms with E-state index < -0.39 is 8.48 Å². The molecule has 3 heteroatoms. The van der Waals surface area contributed by atoms with E-state index in [4.69, 9.17) is 9.83 Å². The SMILES string of the molecule is N[Si](Oc1ccccc1)(c1ccccc1)c1ccccc1. The van der Waals surface area contributed by atoms with Crippen molar-refractivity contribution in [3.63, 3.8) is 0 Å². The monoisotopic (exact) mass is 291 g/mol. The Hall–Kier alpha value is -2.36. The van der Waals surface area contributed by atoms with Gasteiger partial charge in [0.05, 0.1) is 0 Å². The predicted molar refractivity (Wildman–Crippen MR) is 89.2 cm³/mol. The van der Waals surface area contributed by atoms with Crippen LogP contribution in [0.2, 0.25) is 0 Å². The molecule has 2 N–H and O–H groups in total. The van der Waals surface area contributed by atoms with E-state index in [1.165, 1.54) is 0 Å². The van der Waals surface area contributed by atoms with Crippen LogP contribution in [-0.2, 0) is 0 Å². The highest BCUT2D eigenvalue weighted by Crippen LogP contribution is 2.13. The minimum absolute atomic E-state index is 0.805. The maximum atomic E-state index is 6.79. The maximum Gasteiger partial charge on any atom is 0.393 e. The van der Waals surface area contributed by atoms with Crippen LogP contribution in [0.3, 0.4) is 0 Å². The van der Waals surface area contributed by atoms with E-state index in [0.717, 1.165) is 16.1 Å². The van der Waals surface area contributed by atoms with Crippen LogP contribution in [0.15, 0.2) is 91.0 Å². The molecule has 0 spiro atoms. The first kappa shape index (κ1) is 13.6. The Kier molecular flexibility index (Phi) is 3.86. The Morgan fingerprint density at radius 1 is 0.571 bits per heavy atom. The molecule has 0 fully saturated rings. The van der Waals surface area contributed by atoms with E-state index in [1.807, 2.05) is 91.0 Å². The summed E-state index contributed by atoms with van der Waals surface area (Å²) in [6.45, 7) is 0. The average molecular weight is 291 g/mol. The van der Waals surface area contributed by atoms with Crippen LogP contribution >= 0.6 is 0 Å². The van der Waals surface area contributed by atoms with Gasteiger partial charge in [0.2, 0.25) is 0 Å². The molecule has 3 rings (SSSR count). The number of para-hydroxylation sites is 1. The lowest BCUT2D eigenvalue weighted by Gasteiger charge is -2.28. The van der Waals surface area contributed by atoms with Gasteiger partial charge in [-0.25, -0.2) is 0 Å². The molecule has 104 valence electrons. The fraction of sp³-hybridized carbons (Fsp3) is 0. The first-order valence-corrected chi connectivity index (χ1v) is 8.91. The van der Waals surface area contributed by atoms with Gasteiger partial charge in [0.25, 0.3) is 0 Å². The van der Waals surface area contributed by atoms with Gasteiger partial charge in [-0.05, 0) is 22.5 Å². The lowest BCUT2D eigenvalue weighted by Crippen LogP contribution is -2.71. The maximum absolute atomic E-state index is 6.79. The van der Waals surface area contributed by atoms with Crippen molar-refractivity contribution in [1.29, 1.82) is 0 Å². The molecule has 0 bridgehead atoms. The van der Waals surface area contributed by atoms with E-state index in [1.54, 1.807) is 0 Å². The van der Waals surface area contributed by atoms with Crippen molar-refractivity contribution in [2.24, 2.45) is 5.40 Å². The molecule has 0 aliphatic carbocycles. The number of rotatable bonds is 4. The van der Waals surface area contributed by atoms with Crippen molar-refractivity contribution in [2.45, 2.75) is 0 Å². The van der Waals surface area contributed by atoms with Gasteiger partial charge < -0.3 is 9.83 Å². The highest BCUT2D eigenvalue weighted by Gasteiger charge is 2.37. The molecule has 0 radical (unpaired) electrons. The third-order valence-electron chi connectivity index (χ3n) is 3.43. The van der Waals surface area contributed by atoms with E-state index in [2.05, 4.69) is 0 Å². The Labute approximate surface area is 126 Å². The molecular weight excluding hydrogens is 274 g/mol. The van der Waals surface area contributed by atoms with Gasteiger partial charge in [-0.1, -0.05) is 78.9 Å². The van der Waals surface area contributed by atoms with Gasteiger partial charge in [0.15, 0.2) is 0 Å². The van der Waals surface area contributed by atoms with Gasteiger partial charge >= 0.3 is 8.48 Å². The topological polar surface area (TPSA) is 35.2 Å². The van der Waals surface area contributed by atoms with Gasteiger partial charge in [0, 0.05) is 0 Å². The summed E-state index contributed by atoms with van der Waals surface area (Å²) in [5, 5.41) is 8.90. The van der Waals surface area contributed by atoms with Gasteiger partial charge in [-0.2, -0.15) is 0 Å². The Bertz CT molecular complexity index is 647. The van der Waals surface area contributed by atoms with Crippen molar-refractivity contribution in [3.8, 4) is 5.75 Å². The highest BCUT2D eigenvalue weighted by molar-refractivity contribution is 6.95. The summed E-state index contributed by atoms with van der Waals surface area (Å²) < 4.78 is 6.29. The fourth-order valence-electron chi connectivity index (χ4n) is 2.33. The van der Waals surface area contributed by atoms with Crippen LogP contribution in [0.5, 0.6) is 5.75 Å². The summed E-state index contributed by atoms with van der Waals surface area (Å²) in [5.74, 6) is 0.805. The first-order valence-electron chi connectivity index (χ1n) is 6.93. The van der Waals surface area contributed by atoms with Crippen molar-refractivity contribution in [1.82, 2.24) is 0 Å². The molecule has 3 aromatic rings. The average Bonchev–Trinajstić information content (AvgIpc) is 2.57. The third-order valence-corrected chi connectivity index (χ3v) is 6.37. The van der Waals surface area contributed by atoms with Crippen LogP contribution in [0.1, 0.15) is 0 Å². The smallest absolute Gasteiger partial charge is 0.393 e. The molecule has 0 saturated heterocycles. The van der Waals surface area contributed by atoms with E-state index in [0.29, 0.717) is 0 Å². The third kappa shape index (κ3) is 2.89. The summed E-state index contributed by atoms with van der Waals surface area (Å²) in [7, 11) is -2.74. The summed E-state index contributed by atoms with van der Waals surface area (Å²) >= 11 is 0. The molecule has 0 heterocycles. The molecule has 21 heavy (non-hydrogen) atoms. The van der Waals surface area contributed by atoms with Crippen LogP contribution in [0.25, 0.3) is 0 Å². The van der Waals surface area contributed by atoms with Crippen molar-refractivity contribution in [2.75, 3.05) is 0 Å². The molecular formula is C18H17NOSi. The predicted octanol–water partition coefficient (Wildman–Crippen LogP) is 2.28. The summed E-state index contributed by atoms with van der Waals surface area (Å²) in [5.41, 5.74) is 0. The Morgan fingerprint density at radius 3 is 1.38 bits per heavy atom. The lowest BCUT2D eigenvalue weighted by molar-refractivity contribution is 0.565. The van der Waals surface area contributed by atoms with E-state index in [9.17, 15) is 0 Å². The standard InChI is InChI=1S/C18H17NOSi/c19-21(17-12-6-2-7-13-17,18-14-8-3-9-15-18)20-16-10-4-1-5-11-16/h1-15H,19H2. The molecule has 0 unspecified atom stereocenters. The quantitative estimate of drug-likeness (QED) is 0.749. The second kappa shape index (κ2) is 5.95. The van der Waals surface area contributed by atoms with Crippen molar-refractivity contribution < 1.29 is 4.43 Å². The van der Waals surface area contributed by atoms with E-state index >= 15 is 0 Å². The summed E-state index contributed by atoms with van der Waals surface area (Å²) in [6, 6.07) is 29.9. The molecule has 0 atom stereocenters. The van der Waals surface area contributed by atoms with Crippen LogP contribution in [-0.4, -0.2) is 8.48 Å². The zero-order valence-corrected chi connectivity index (χ0v) is 12.6. The zero-order chi connectivity index (χ0) is 14.5. The molecule has 0 amide bonds. The molecule has 0 aromatic heterocycles. The van der Waals surface area contributed by atoms with Crippen molar-refractivity contribution in [3.05, 3.63) is 91.0 Å². The minimum atomic E-state index is -2.74. The van der Waals surface area contributed by atoms with Crippen LogP contribution < -0.4 is 20.2 Å². The Balaban J connectivity index is 2.07. The first-order chi connectivity index (χ1) is 10.3. The highest BCUT2D eigenvalue weighted by atomic mass is 28.4. The Morgan fingerprint density at radius 2 is 0.952 bits per heavy atom. The van der Waals surface area contributed by atoms with Crippen LogP contribution in [0, 0.1) is 0 Å². The molecule has 3 aromatic carbocycles. The van der Waals surface area contributed by atoms with Crippen molar-refractivity contribution >= 4 is 18.9 Å². The number of benzene rings is 3. The number of hydrogen-bond donors (Lipinski definition) is 1. The normalized spacial score (nSPS) is 11.1. The summed E-state index contributed by atoms with van der Waals surface area (Å²) in [4.78, 5) is 0. The van der Waals surface area contributed by atoms with Gasteiger partial charge in [-0.3, -0.25) is 0 Å². The van der Waals surface area contributed by atoms with E-state index in [-0.39, 0.29) is 0 Å². The molecule has 0 aliphatic rings. The van der Waals surface area contributed by atoms with Crippen LogP contribution in [0.4, 0.5) is 0 Å².